The minimum Gasteiger partial charge on any atom is -0.311 e. The molecule has 4 nitrogen and oxygen atoms in total. The zero-order chi connectivity index (χ0) is 17.6. The van der Waals surface area contributed by atoms with Crippen LogP contribution in [0.5, 0.6) is 0 Å². The highest BCUT2D eigenvalue weighted by molar-refractivity contribution is 6.31. The van der Waals surface area contributed by atoms with E-state index in [-0.39, 0.29) is 0 Å². The van der Waals surface area contributed by atoms with Gasteiger partial charge in [0.1, 0.15) is 11.4 Å². The standard InChI is InChI=1S/C20H23ClN4/c1-15(2)12-22-13-19-20(16-8-4-3-5-9-16)24-25(23-19)14-17-10-6-7-11-18(17)21/h3-11,15,22H,12-14H2,1-2H3. The monoisotopic (exact) mass is 354 g/mol. The van der Waals surface area contributed by atoms with Gasteiger partial charge in [-0.3, -0.25) is 0 Å². The van der Waals surface area contributed by atoms with Crippen LogP contribution in [-0.2, 0) is 13.1 Å². The average molecular weight is 355 g/mol. The SMILES string of the molecule is CC(C)CNCc1nn(Cc2ccccc2Cl)nc1-c1ccccc1. The molecular formula is C20H23ClN4. The fourth-order valence-corrected chi connectivity index (χ4v) is 2.85. The molecule has 0 radical (unpaired) electrons. The van der Waals surface area contributed by atoms with Crippen molar-refractivity contribution >= 4 is 11.6 Å². The molecule has 3 aromatic rings. The lowest BCUT2D eigenvalue weighted by Gasteiger charge is -2.06. The van der Waals surface area contributed by atoms with Crippen LogP contribution in [0, 0.1) is 5.92 Å². The van der Waals surface area contributed by atoms with E-state index in [1.807, 2.05) is 42.5 Å². The maximum Gasteiger partial charge on any atom is 0.117 e. The van der Waals surface area contributed by atoms with Gasteiger partial charge in [0.05, 0.1) is 6.54 Å². The summed E-state index contributed by atoms with van der Waals surface area (Å²) in [6.45, 7) is 6.60. The van der Waals surface area contributed by atoms with Gasteiger partial charge in [0, 0.05) is 17.1 Å². The predicted molar refractivity (Wildman–Crippen MR) is 103 cm³/mol. The Morgan fingerprint density at radius 2 is 1.72 bits per heavy atom. The van der Waals surface area contributed by atoms with Crippen LogP contribution in [0.15, 0.2) is 54.6 Å². The van der Waals surface area contributed by atoms with E-state index < -0.39 is 0 Å². The summed E-state index contributed by atoms with van der Waals surface area (Å²) in [7, 11) is 0. The summed E-state index contributed by atoms with van der Waals surface area (Å²) in [5.41, 5.74) is 3.97. The number of benzene rings is 2. The Balaban J connectivity index is 1.87. The van der Waals surface area contributed by atoms with Gasteiger partial charge < -0.3 is 5.32 Å². The zero-order valence-electron chi connectivity index (χ0n) is 14.6. The highest BCUT2D eigenvalue weighted by Gasteiger charge is 2.14. The molecule has 0 aliphatic heterocycles. The third kappa shape index (κ3) is 4.68. The van der Waals surface area contributed by atoms with Gasteiger partial charge in [0.15, 0.2) is 0 Å². The summed E-state index contributed by atoms with van der Waals surface area (Å²) in [5.74, 6) is 0.596. The third-order valence-corrected chi connectivity index (χ3v) is 4.26. The van der Waals surface area contributed by atoms with Crippen LogP contribution in [0.1, 0.15) is 25.1 Å². The number of halogens is 1. The van der Waals surface area contributed by atoms with Gasteiger partial charge in [-0.15, -0.1) is 0 Å². The predicted octanol–water partition coefficient (Wildman–Crippen LogP) is 4.39. The highest BCUT2D eigenvalue weighted by Crippen LogP contribution is 2.21. The van der Waals surface area contributed by atoms with Crippen LogP contribution < -0.4 is 5.32 Å². The van der Waals surface area contributed by atoms with Crippen molar-refractivity contribution < 1.29 is 0 Å². The van der Waals surface area contributed by atoms with Gasteiger partial charge in [-0.1, -0.05) is 74.0 Å². The number of hydrogen-bond donors (Lipinski definition) is 1. The molecule has 5 heteroatoms. The van der Waals surface area contributed by atoms with E-state index in [0.717, 1.165) is 34.1 Å². The second-order valence-electron chi connectivity index (χ2n) is 6.51. The minimum absolute atomic E-state index is 0.559. The average Bonchev–Trinajstić information content (AvgIpc) is 3.00. The van der Waals surface area contributed by atoms with Crippen molar-refractivity contribution in [2.45, 2.75) is 26.9 Å². The van der Waals surface area contributed by atoms with Gasteiger partial charge in [0.2, 0.25) is 0 Å². The third-order valence-electron chi connectivity index (χ3n) is 3.89. The van der Waals surface area contributed by atoms with Gasteiger partial charge in [-0.25, -0.2) is 0 Å². The summed E-state index contributed by atoms with van der Waals surface area (Å²) in [6, 6.07) is 18.0. The zero-order valence-corrected chi connectivity index (χ0v) is 15.4. The number of nitrogens with one attached hydrogen (secondary N) is 1. The van der Waals surface area contributed by atoms with Crippen molar-refractivity contribution in [1.29, 1.82) is 0 Å². The first-order valence-electron chi connectivity index (χ1n) is 8.57. The van der Waals surface area contributed by atoms with E-state index >= 15 is 0 Å². The van der Waals surface area contributed by atoms with Gasteiger partial charge in [-0.05, 0) is 24.1 Å². The number of hydrogen-bond acceptors (Lipinski definition) is 3. The Morgan fingerprint density at radius 3 is 2.44 bits per heavy atom. The van der Waals surface area contributed by atoms with Crippen molar-refractivity contribution in [3.8, 4) is 11.3 Å². The molecule has 0 unspecified atom stereocenters. The summed E-state index contributed by atoms with van der Waals surface area (Å²) in [6.07, 6.45) is 0. The van der Waals surface area contributed by atoms with Crippen molar-refractivity contribution in [2.24, 2.45) is 5.92 Å². The normalized spacial score (nSPS) is 11.2. The van der Waals surface area contributed by atoms with Crippen molar-refractivity contribution in [2.75, 3.05) is 6.54 Å². The Kier molecular flexibility index (Phi) is 5.84. The lowest BCUT2D eigenvalue weighted by molar-refractivity contribution is 0.537. The summed E-state index contributed by atoms with van der Waals surface area (Å²) < 4.78 is 0. The molecule has 0 bridgehead atoms. The lowest BCUT2D eigenvalue weighted by atomic mass is 10.1. The van der Waals surface area contributed by atoms with E-state index in [1.54, 1.807) is 4.80 Å². The second-order valence-corrected chi connectivity index (χ2v) is 6.92. The van der Waals surface area contributed by atoms with Crippen molar-refractivity contribution in [3.63, 3.8) is 0 Å². The van der Waals surface area contributed by atoms with Gasteiger partial charge >= 0.3 is 0 Å². The van der Waals surface area contributed by atoms with Crippen LogP contribution >= 0.6 is 11.6 Å². The number of nitrogens with zero attached hydrogens (tertiary/aromatic N) is 3. The van der Waals surface area contributed by atoms with Crippen LogP contribution in [0.2, 0.25) is 5.02 Å². The Morgan fingerprint density at radius 1 is 1.00 bits per heavy atom. The fourth-order valence-electron chi connectivity index (χ4n) is 2.65. The van der Waals surface area contributed by atoms with Crippen LogP contribution in [0.3, 0.4) is 0 Å². The van der Waals surface area contributed by atoms with E-state index in [1.165, 1.54) is 0 Å². The highest BCUT2D eigenvalue weighted by atomic mass is 35.5. The smallest absolute Gasteiger partial charge is 0.117 e. The first-order valence-corrected chi connectivity index (χ1v) is 8.95. The van der Waals surface area contributed by atoms with Crippen LogP contribution in [-0.4, -0.2) is 21.5 Å². The van der Waals surface area contributed by atoms with Gasteiger partial charge in [-0.2, -0.15) is 15.0 Å². The molecule has 1 heterocycles. The maximum atomic E-state index is 6.27. The molecule has 2 aromatic carbocycles. The van der Waals surface area contributed by atoms with Gasteiger partial charge in [0.25, 0.3) is 0 Å². The van der Waals surface area contributed by atoms with E-state index in [2.05, 4.69) is 31.3 Å². The molecule has 1 N–H and O–H groups in total. The fraction of sp³-hybridized carbons (Fsp3) is 0.300. The van der Waals surface area contributed by atoms with Crippen molar-refractivity contribution in [1.82, 2.24) is 20.3 Å². The molecule has 0 fully saturated rings. The van der Waals surface area contributed by atoms with Crippen LogP contribution in [0.4, 0.5) is 0 Å². The molecule has 0 amide bonds. The maximum absolute atomic E-state index is 6.27. The molecule has 3 rings (SSSR count). The topological polar surface area (TPSA) is 42.7 Å². The molecule has 1 aromatic heterocycles. The summed E-state index contributed by atoms with van der Waals surface area (Å²) >= 11 is 6.27. The largest absolute Gasteiger partial charge is 0.311 e. The molecule has 0 saturated heterocycles. The molecule has 130 valence electrons. The molecule has 0 aliphatic carbocycles. The number of rotatable bonds is 7. The molecule has 0 saturated carbocycles. The summed E-state index contributed by atoms with van der Waals surface area (Å²) in [4.78, 5) is 1.73. The molecular weight excluding hydrogens is 332 g/mol. The van der Waals surface area contributed by atoms with E-state index in [9.17, 15) is 0 Å². The first-order chi connectivity index (χ1) is 12.1. The first kappa shape index (κ1) is 17.6. The van der Waals surface area contributed by atoms with E-state index in [0.29, 0.717) is 19.0 Å². The molecule has 0 spiro atoms. The Hall–Kier alpha value is -2.17. The molecule has 0 aliphatic rings. The van der Waals surface area contributed by atoms with E-state index in [4.69, 9.17) is 21.8 Å². The quantitative estimate of drug-likeness (QED) is 0.684. The Labute approximate surface area is 153 Å². The minimum atomic E-state index is 0.559. The Bertz CT molecular complexity index is 812. The van der Waals surface area contributed by atoms with Crippen LogP contribution in [0.25, 0.3) is 11.3 Å². The number of aromatic nitrogens is 3. The molecule has 0 atom stereocenters. The second kappa shape index (κ2) is 8.28. The van der Waals surface area contributed by atoms with Crippen molar-refractivity contribution in [3.05, 3.63) is 70.9 Å². The summed E-state index contributed by atoms with van der Waals surface area (Å²) in [5, 5.41) is 13.6. The lowest BCUT2D eigenvalue weighted by Crippen LogP contribution is -2.19. The molecule has 25 heavy (non-hydrogen) atoms.